The fourth-order valence-electron chi connectivity index (χ4n) is 6.64. The van der Waals surface area contributed by atoms with Crippen LogP contribution in [0.4, 0.5) is 4.79 Å². The summed E-state index contributed by atoms with van der Waals surface area (Å²) in [4.78, 5) is 19.2. The van der Waals surface area contributed by atoms with Gasteiger partial charge in [-0.25, -0.2) is 4.79 Å². The van der Waals surface area contributed by atoms with Crippen LogP contribution in [0.3, 0.4) is 0 Å². The first-order chi connectivity index (χ1) is 26.1. The number of amides is 2. The van der Waals surface area contributed by atoms with E-state index in [2.05, 4.69) is 29.4 Å². The van der Waals surface area contributed by atoms with Gasteiger partial charge in [0.05, 0.1) is 31.0 Å². The highest BCUT2D eigenvalue weighted by Crippen LogP contribution is 2.53. The molecule has 2 aliphatic carbocycles. The molecule has 2 fully saturated rings. The summed E-state index contributed by atoms with van der Waals surface area (Å²) in [6.07, 6.45) is 5.56. The lowest BCUT2D eigenvalue weighted by Crippen LogP contribution is -2.51. The van der Waals surface area contributed by atoms with Crippen molar-refractivity contribution >= 4 is 17.6 Å². The first-order valence-electron chi connectivity index (χ1n) is 19.2. The van der Waals surface area contributed by atoms with Crippen LogP contribution >= 0.6 is 11.6 Å². The number of aliphatic hydroxyl groups excluding tert-OH is 6. The molecule has 1 aromatic heterocycles. The van der Waals surface area contributed by atoms with Gasteiger partial charge in [-0.2, -0.15) is 0 Å². The predicted molar refractivity (Wildman–Crippen MR) is 205 cm³/mol. The first-order valence-corrected chi connectivity index (χ1v) is 19.5. The molecule has 0 aliphatic heterocycles. The van der Waals surface area contributed by atoms with Gasteiger partial charge in [-0.15, -0.1) is 0 Å². The number of unbranched alkanes of at least 4 members (excludes halogenated alkanes) is 3. The number of urea groups is 1. The average molecular weight is 770 g/mol. The largest absolute Gasteiger partial charge is 0.490 e. The number of nitrogens with zero attached hydrogens (tertiary/aromatic N) is 2. The van der Waals surface area contributed by atoms with Crippen LogP contribution in [0.1, 0.15) is 80.0 Å². The lowest BCUT2D eigenvalue weighted by Gasteiger charge is -2.27. The fourth-order valence-corrected chi connectivity index (χ4v) is 6.89. The van der Waals surface area contributed by atoms with E-state index in [-0.39, 0.29) is 19.3 Å². The van der Waals surface area contributed by atoms with Gasteiger partial charge < -0.3 is 50.3 Å². The highest BCUT2D eigenvalue weighted by molar-refractivity contribution is 6.31. The Balaban J connectivity index is 1.15. The Kier molecular flexibility index (Phi) is 15.5. The molecule has 2 amide bonds. The number of benzene rings is 2. The van der Waals surface area contributed by atoms with Crippen molar-refractivity contribution in [3.8, 4) is 16.9 Å². The minimum absolute atomic E-state index is 0.0720. The number of aryl methyl sites for hydroxylation is 2. The number of hydrogen-bond donors (Lipinski definition) is 7. The smallest absolute Gasteiger partial charge is 0.317 e. The number of aromatic nitrogens is 1. The number of aliphatic hydroxyl groups is 6. The van der Waals surface area contributed by atoms with E-state index in [0.717, 1.165) is 84.1 Å². The van der Waals surface area contributed by atoms with E-state index in [0.29, 0.717) is 44.0 Å². The summed E-state index contributed by atoms with van der Waals surface area (Å²) in [5.74, 6) is 0.886. The molecule has 2 aromatic carbocycles. The van der Waals surface area contributed by atoms with Crippen LogP contribution in [-0.4, -0.2) is 110 Å². The quantitative estimate of drug-likeness (QED) is 0.0683. The minimum atomic E-state index is -1.77. The molecule has 296 valence electrons. The molecular formula is C41H56ClN3O9. The highest BCUT2D eigenvalue weighted by Gasteiger charge is 2.48. The van der Waals surface area contributed by atoms with Crippen LogP contribution in [0.25, 0.3) is 11.1 Å². The zero-order chi connectivity index (χ0) is 38.7. The number of nitrogens with one attached hydrogen (secondary N) is 1. The maximum atomic E-state index is 13.1. The fraction of sp³-hybridized carbons (Fsp3) is 0.561. The molecule has 0 saturated heterocycles. The van der Waals surface area contributed by atoms with Gasteiger partial charge in [0.15, 0.2) is 0 Å². The second-order valence-corrected chi connectivity index (χ2v) is 15.0. The van der Waals surface area contributed by atoms with Crippen molar-refractivity contribution in [3.05, 3.63) is 82.1 Å². The van der Waals surface area contributed by atoms with Gasteiger partial charge in [0.25, 0.3) is 0 Å². The summed E-state index contributed by atoms with van der Waals surface area (Å²) < 4.78 is 12.9. The Morgan fingerprint density at radius 1 is 0.944 bits per heavy atom. The van der Waals surface area contributed by atoms with Gasteiger partial charge in [-0.05, 0) is 112 Å². The zero-order valence-corrected chi connectivity index (χ0v) is 31.8. The Morgan fingerprint density at radius 3 is 2.37 bits per heavy atom. The molecule has 0 bridgehead atoms. The van der Waals surface area contributed by atoms with Crippen LogP contribution < -0.4 is 10.1 Å². The Labute approximate surface area is 322 Å². The van der Waals surface area contributed by atoms with Crippen LogP contribution in [0.15, 0.2) is 54.9 Å². The second-order valence-electron chi connectivity index (χ2n) is 14.6. The van der Waals surface area contributed by atoms with Gasteiger partial charge in [0.2, 0.25) is 0 Å². The standard InChI is InChI=1S/C41H56ClN3O9/c1-27-21-29(26-53-41(15-16-41)33-23-43-17-14-31(33)32-10-3-4-11-37(32)54-30-12-13-30)34(42)22-28(27)9-5-7-19-45(18-6-2-8-20-46)40(52)44-24-35(48)38(50)39(51)36(49)25-47/h3-4,10-11,14,17,21-23,30,35-36,38-39,46-51H,2,5-9,12-13,15-16,18-20,24-26H2,1H3,(H,44,52)/t35-,36+,38+,39+/m0/s1. The van der Waals surface area contributed by atoms with E-state index < -0.39 is 42.7 Å². The molecular weight excluding hydrogens is 714 g/mol. The summed E-state index contributed by atoms with van der Waals surface area (Å²) in [6, 6.07) is 13.9. The van der Waals surface area contributed by atoms with Gasteiger partial charge in [0, 0.05) is 54.8 Å². The molecule has 4 atom stereocenters. The summed E-state index contributed by atoms with van der Waals surface area (Å²) in [6.45, 7) is 2.25. The topological polar surface area (TPSA) is 185 Å². The number of carbonyl (C=O) groups is 1. The molecule has 3 aromatic rings. The van der Waals surface area contributed by atoms with E-state index in [1.807, 2.05) is 42.7 Å². The third-order valence-electron chi connectivity index (χ3n) is 10.3. The van der Waals surface area contributed by atoms with Crippen molar-refractivity contribution < 1.29 is 44.9 Å². The monoisotopic (exact) mass is 769 g/mol. The Bertz CT molecular complexity index is 1650. The van der Waals surface area contributed by atoms with Gasteiger partial charge >= 0.3 is 6.03 Å². The van der Waals surface area contributed by atoms with Crippen LogP contribution in [-0.2, 0) is 23.4 Å². The molecule has 2 aliphatic rings. The van der Waals surface area contributed by atoms with Crippen LogP contribution in [0, 0.1) is 6.92 Å². The van der Waals surface area contributed by atoms with E-state index in [9.17, 15) is 25.2 Å². The maximum absolute atomic E-state index is 13.1. The van der Waals surface area contributed by atoms with E-state index >= 15 is 0 Å². The Hall–Kier alpha value is -3.33. The Morgan fingerprint density at radius 2 is 1.67 bits per heavy atom. The van der Waals surface area contributed by atoms with Crippen molar-refractivity contribution in [2.24, 2.45) is 0 Å². The van der Waals surface area contributed by atoms with Crippen molar-refractivity contribution in [3.63, 3.8) is 0 Å². The zero-order valence-electron chi connectivity index (χ0n) is 31.1. The summed E-state index contributed by atoms with van der Waals surface area (Å²) in [5, 5.41) is 61.2. The number of halogens is 1. The van der Waals surface area contributed by atoms with E-state index in [1.54, 1.807) is 4.90 Å². The van der Waals surface area contributed by atoms with Gasteiger partial charge in [-0.1, -0.05) is 35.9 Å². The molecule has 0 spiro atoms. The third-order valence-corrected chi connectivity index (χ3v) is 10.7. The maximum Gasteiger partial charge on any atom is 0.317 e. The van der Waals surface area contributed by atoms with Crippen molar-refractivity contribution in [2.75, 3.05) is 32.8 Å². The predicted octanol–water partition coefficient (Wildman–Crippen LogP) is 4.39. The first kappa shape index (κ1) is 41.8. The second kappa shape index (κ2) is 20.0. The SMILES string of the molecule is Cc1cc(COC2(c3cnccc3-c3ccccc3OC3CC3)CC2)c(Cl)cc1CCCCN(CCCCCO)C(=O)NC[C@H](O)[C@@H](O)[C@H](O)[C@H](O)CO. The normalized spacial score (nSPS) is 17.0. The number of hydrogen-bond acceptors (Lipinski definition) is 10. The molecule has 0 unspecified atom stereocenters. The summed E-state index contributed by atoms with van der Waals surface area (Å²) in [7, 11) is 0. The summed E-state index contributed by atoms with van der Waals surface area (Å²) >= 11 is 6.85. The molecule has 54 heavy (non-hydrogen) atoms. The van der Waals surface area contributed by atoms with Crippen molar-refractivity contribution in [1.82, 2.24) is 15.2 Å². The van der Waals surface area contributed by atoms with Gasteiger partial charge in [-0.3, -0.25) is 4.98 Å². The molecule has 2 saturated carbocycles. The lowest BCUT2D eigenvalue weighted by atomic mass is 9.96. The number of pyridine rings is 1. The van der Waals surface area contributed by atoms with Crippen molar-refractivity contribution in [1.29, 1.82) is 0 Å². The summed E-state index contributed by atoms with van der Waals surface area (Å²) in [5.41, 5.74) is 5.88. The van der Waals surface area contributed by atoms with Crippen LogP contribution in [0.2, 0.25) is 5.02 Å². The molecule has 12 nitrogen and oxygen atoms in total. The molecule has 7 N–H and O–H groups in total. The lowest BCUT2D eigenvalue weighted by molar-refractivity contribution is -0.113. The van der Waals surface area contributed by atoms with E-state index in [4.69, 9.17) is 31.3 Å². The van der Waals surface area contributed by atoms with Gasteiger partial charge in [0.1, 0.15) is 24.1 Å². The molecule has 1 heterocycles. The van der Waals surface area contributed by atoms with Crippen molar-refractivity contribution in [2.45, 2.75) is 114 Å². The number of para-hydroxylation sites is 1. The highest BCUT2D eigenvalue weighted by atomic mass is 35.5. The molecule has 13 heteroatoms. The number of carbonyl (C=O) groups excluding carboxylic acids is 1. The van der Waals surface area contributed by atoms with E-state index in [1.165, 1.54) is 0 Å². The molecule has 5 rings (SSSR count). The number of rotatable bonds is 23. The number of ether oxygens (including phenoxy) is 2. The third kappa shape index (κ3) is 11.4. The average Bonchev–Trinajstić information content (AvgIpc) is 4.13. The van der Waals surface area contributed by atoms with Crippen LogP contribution in [0.5, 0.6) is 5.75 Å². The molecule has 0 radical (unpaired) electrons. The minimum Gasteiger partial charge on any atom is -0.490 e.